The molecule has 0 heterocycles. The number of nitrogens with zero attached hydrogens (tertiary/aromatic N) is 1. The third kappa shape index (κ3) is 3.32. The third-order valence-electron chi connectivity index (χ3n) is 4.77. The van der Waals surface area contributed by atoms with Crippen molar-refractivity contribution in [3.8, 4) is 0 Å². The molecular weight excluding hydrogens is 258 g/mol. The molecule has 0 aliphatic heterocycles. The van der Waals surface area contributed by atoms with Gasteiger partial charge in [0.2, 0.25) is 5.91 Å². The van der Waals surface area contributed by atoms with E-state index in [0.717, 1.165) is 6.42 Å². The molecule has 5 nitrogen and oxygen atoms in total. The Hall–Kier alpha value is -1.10. The van der Waals surface area contributed by atoms with Crippen molar-refractivity contribution in [3.05, 3.63) is 0 Å². The first-order valence-corrected chi connectivity index (χ1v) is 7.58. The molecule has 1 amide bonds. The fourth-order valence-corrected chi connectivity index (χ4v) is 3.30. The summed E-state index contributed by atoms with van der Waals surface area (Å²) in [6.45, 7) is 3.15. The highest BCUT2D eigenvalue weighted by molar-refractivity contribution is 5.85. The van der Waals surface area contributed by atoms with Gasteiger partial charge in [-0.25, -0.2) is 0 Å². The van der Waals surface area contributed by atoms with Crippen LogP contribution in [0.4, 0.5) is 0 Å². The van der Waals surface area contributed by atoms with Crippen molar-refractivity contribution < 1.29 is 19.4 Å². The van der Waals surface area contributed by atoms with Crippen molar-refractivity contribution >= 4 is 11.9 Å². The summed E-state index contributed by atoms with van der Waals surface area (Å²) in [5.41, 5.74) is 0. The van der Waals surface area contributed by atoms with Crippen molar-refractivity contribution in [1.82, 2.24) is 4.90 Å². The number of carboxylic acids is 1. The molecule has 2 saturated carbocycles. The first-order chi connectivity index (χ1) is 9.56. The second-order valence-corrected chi connectivity index (χ2v) is 6.08. The number of carboxylic acid groups (broad SMARTS) is 1. The smallest absolute Gasteiger partial charge is 0.307 e. The van der Waals surface area contributed by atoms with Gasteiger partial charge in [-0.05, 0) is 38.5 Å². The van der Waals surface area contributed by atoms with E-state index >= 15 is 0 Å². The predicted molar refractivity (Wildman–Crippen MR) is 74.2 cm³/mol. The average Bonchev–Trinajstić information content (AvgIpc) is 3.15. The van der Waals surface area contributed by atoms with Gasteiger partial charge in [-0.1, -0.05) is 6.42 Å². The van der Waals surface area contributed by atoms with Crippen LogP contribution in [0, 0.1) is 17.8 Å². The first kappa shape index (κ1) is 15.3. The quantitative estimate of drug-likeness (QED) is 0.773. The van der Waals surface area contributed by atoms with E-state index in [1.54, 1.807) is 7.11 Å². The molecule has 114 valence electrons. The Morgan fingerprint density at radius 3 is 2.45 bits per heavy atom. The van der Waals surface area contributed by atoms with Crippen molar-refractivity contribution in [3.63, 3.8) is 0 Å². The summed E-state index contributed by atoms with van der Waals surface area (Å²) in [4.78, 5) is 25.9. The zero-order valence-corrected chi connectivity index (χ0v) is 12.4. The van der Waals surface area contributed by atoms with Crippen molar-refractivity contribution in [2.45, 2.75) is 45.1 Å². The van der Waals surface area contributed by atoms with Crippen LogP contribution < -0.4 is 0 Å². The second-order valence-electron chi connectivity index (χ2n) is 6.08. The van der Waals surface area contributed by atoms with Crippen LogP contribution in [-0.4, -0.2) is 48.2 Å². The number of carbonyl (C=O) groups is 2. The molecule has 0 aromatic rings. The minimum Gasteiger partial charge on any atom is -0.481 e. The van der Waals surface area contributed by atoms with Crippen molar-refractivity contribution in [1.29, 1.82) is 0 Å². The fourth-order valence-electron chi connectivity index (χ4n) is 3.30. The number of hydrogen-bond donors (Lipinski definition) is 1. The minimum atomic E-state index is -0.827. The van der Waals surface area contributed by atoms with Crippen molar-refractivity contribution in [2.75, 3.05) is 20.3 Å². The van der Waals surface area contributed by atoms with E-state index < -0.39 is 11.9 Å². The summed E-state index contributed by atoms with van der Waals surface area (Å²) >= 11 is 0. The van der Waals surface area contributed by atoms with E-state index in [1.807, 2.05) is 4.90 Å². The summed E-state index contributed by atoms with van der Waals surface area (Å²) in [6.07, 6.45) is 4.51. The summed E-state index contributed by atoms with van der Waals surface area (Å²) in [5.74, 6) is -1.07. The molecule has 2 rings (SSSR count). The molecule has 0 aromatic carbocycles. The van der Waals surface area contributed by atoms with Crippen LogP contribution in [0.15, 0.2) is 0 Å². The van der Waals surface area contributed by atoms with Crippen LogP contribution in [-0.2, 0) is 14.3 Å². The molecule has 5 heteroatoms. The van der Waals surface area contributed by atoms with Gasteiger partial charge in [0.25, 0.3) is 0 Å². The molecule has 1 unspecified atom stereocenters. The van der Waals surface area contributed by atoms with Gasteiger partial charge < -0.3 is 14.7 Å². The Balaban J connectivity index is 2.06. The van der Waals surface area contributed by atoms with E-state index in [9.17, 15) is 14.7 Å². The summed E-state index contributed by atoms with van der Waals surface area (Å²) < 4.78 is 5.10. The van der Waals surface area contributed by atoms with Gasteiger partial charge in [0.05, 0.1) is 18.4 Å². The van der Waals surface area contributed by atoms with Crippen LogP contribution in [0.2, 0.25) is 0 Å². The molecule has 0 bridgehead atoms. The summed E-state index contributed by atoms with van der Waals surface area (Å²) in [7, 11) is 1.63. The standard InChI is InChI=1S/C15H25NO4/c1-10(11-6-7-11)16(8-9-20-2)14(17)12-4-3-5-13(12)15(18)19/h10-13H,3-9H2,1-2H3,(H,18,19)/t10?,12-,13+/m1/s1. The number of rotatable bonds is 7. The largest absolute Gasteiger partial charge is 0.481 e. The molecule has 0 spiro atoms. The first-order valence-electron chi connectivity index (χ1n) is 7.58. The molecule has 0 aromatic heterocycles. The molecule has 20 heavy (non-hydrogen) atoms. The highest BCUT2D eigenvalue weighted by Crippen LogP contribution is 2.38. The highest BCUT2D eigenvalue weighted by Gasteiger charge is 2.42. The second kappa shape index (κ2) is 6.57. The minimum absolute atomic E-state index is 0.0198. The average molecular weight is 283 g/mol. The van der Waals surface area contributed by atoms with E-state index in [4.69, 9.17) is 4.74 Å². The van der Waals surface area contributed by atoms with Crippen LogP contribution in [0.1, 0.15) is 39.0 Å². The lowest BCUT2D eigenvalue weighted by Gasteiger charge is -2.32. The summed E-state index contributed by atoms with van der Waals surface area (Å²) in [6, 6.07) is 0.202. The van der Waals surface area contributed by atoms with Gasteiger partial charge >= 0.3 is 5.97 Å². The van der Waals surface area contributed by atoms with Gasteiger partial charge in [-0.15, -0.1) is 0 Å². The maximum atomic E-state index is 12.7. The monoisotopic (exact) mass is 283 g/mol. The molecule has 2 aliphatic rings. The fraction of sp³-hybridized carbons (Fsp3) is 0.867. The van der Waals surface area contributed by atoms with E-state index in [-0.39, 0.29) is 17.9 Å². The van der Waals surface area contributed by atoms with Gasteiger partial charge in [-0.2, -0.15) is 0 Å². The lowest BCUT2D eigenvalue weighted by molar-refractivity contribution is -0.150. The van der Waals surface area contributed by atoms with Gasteiger partial charge in [0, 0.05) is 19.7 Å². The Labute approximate surface area is 120 Å². The lowest BCUT2D eigenvalue weighted by Crippen LogP contribution is -2.46. The number of amides is 1. The number of ether oxygens (including phenoxy) is 1. The SMILES string of the molecule is COCCN(C(=O)[C@@H]1CCC[C@@H]1C(=O)O)C(C)C1CC1. The Kier molecular flexibility index (Phi) is 5.02. The molecule has 0 radical (unpaired) electrons. The summed E-state index contributed by atoms with van der Waals surface area (Å²) in [5, 5.41) is 9.26. The topological polar surface area (TPSA) is 66.8 Å². The van der Waals surface area contributed by atoms with Crippen LogP contribution in [0.5, 0.6) is 0 Å². The molecule has 3 atom stereocenters. The molecule has 0 saturated heterocycles. The number of hydrogen-bond acceptors (Lipinski definition) is 3. The number of aliphatic carboxylic acids is 1. The lowest BCUT2D eigenvalue weighted by atomic mass is 9.94. The van der Waals surface area contributed by atoms with Gasteiger partial charge in [-0.3, -0.25) is 9.59 Å². The van der Waals surface area contributed by atoms with Crippen molar-refractivity contribution in [2.24, 2.45) is 17.8 Å². The van der Waals surface area contributed by atoms with Crippen LogP contribution in [0.25, 0.3) is 0 Å². The van der Waals surface area contributed by atoms with E-state index in [1.165, 1.54) is 12.8 Å². The maximum absolute atomic E-state index is 12.7. The van der Waals surface area contributed by atoms with Crippen LogP contribution >= 0.6 is 0 Å². The Morgan fingerprint density at radius 2 is 1.90 bits per heavy atom. The zero-order valence-electron chi connectivity index (χ0n) is 12.4. The zero-order chi connectivity index (χ0) is 14.7. The normalized spacial score (nSPS) is 27.3. The maximum Gasteiger partial charge on any atom is 0.307 e. The molecule has 1 N–H and O–H groups in total. The predicted octanol–water partition coefficient (Wildman–Crippen LogP) is 1.76. The number of carbonyl (C=O) groups excluding carboxylic acids is 1. The third-order valence-corrected chi connectivity index (χ3v) is 4.77. The van der Waals surface area contributed by atoms with Gasteiger partial charge in [0.15, 0.2) is 0 Å². The van der Waals surface area contributed by atoms with E-state index in [0.29, 0.717) is 31.9 Å². The highest BCUT2D eigenvalue weighted by atomic mass is 16.5. The molecule has 2 fully saturated rings. The Morgan fingerprint density at radius 1 is 1.25 bits per heavy atom. The van der Waals surface area contributed by atoms with Gasteiger partial charge in [0.1, 0.15) is 0 Å². The molecule has 2 aliphatic carbocycles. The Bertz CT molecular complexity index is 367. The van der Waals surface area contributed by atoms with E-state index in [2.05, 4.69) is 6.92 Å². The number of methoxy groups -OCH3 is 1. The molecular formula is C15H25NO4. The van der Waals surface area contributed by atoms with Crippen LogP contribution in [0.3, 0.4) is 0 Å².